The van der Waals surface area contributed by atoms with Crippen LogP contribution in [0.25, 0.3) is 0 Å². The lowest BCUT2D eigenvalue weighted by Gasteiger charge is -2.30. The summed E-state index contributed by atoms with van der Waals surface area (Å²) in [5, 5.41) is 36.3. The molecule has 0 amide bonds. The van der Waals surface area contributed by atoms with E-state index in [1.54, 1.807) is 35.1 Å². The molecule has 4 N–H and O–H groups in total. The lowest BCUT2D eigenvalue weighted by Crippen LogP contribution is -2.40. The Bertz CT molecular complexity index is 1200. The Kier molecular flexibility index (Phi) is 13.0. The molecule has 0 bridgehead atoms. The van der Waals surface area contributed by atoms with E-state index in [1.165, 1.54) is 81.5 Å². The number of carboxylic acids is 1. The SMILES string of the molecule is C1CCC(NC2CCCCC2)CC1.CC[C@@H](c1ccc(O)cc1)[C@H](CCCCn1cc(C(=O)O)cn1)c1ccc(O)cc1. The number of aromatic carboxylic acids is 1. The minimum atomic E-state index is -0.965. The maximum absolute atomic E-state index is 11.0. The largest absolute Gasteiger partial charge is 0.508 e. The summed E-state index contributed by atoms with van der Waals surface area (Å²) in [5.74, 6) is 0.108. The summed E-state index contributed by atoms with van der Waals surface area (Å²) >= 11 is 0. The van der Waals surface area contributed by atoms with Crippen LogP contribution in [0, 0.1) is 0 Å². The molecule has 7 nitrogen and oxygen atoms in total. The van der Waals surface area contributed by atoms with Crippen LogP contribution in [0.3, 0.4) is 0 Å². The van der Waals surface area contributed by atoms with Crippen LogP contribution in [-0.4, -0.2) is 43.2 Å². The lowest BCUT2D eigenvalue weighted by molar-refractivity contribution is 0.0696. The summed E-state index contributed by atoms with van der Waals surface area (Å²) in [6, 6.07) is 16.6. The molecule has 2 saturated carbocycles. The standard InChI is InChI=1S/C24H28N2O4.C12H23N/c1-2-22(17-6-10-20(27)11-7-17)23(18-8-12-21(28)13-9-18)5-3-4-14-26-16-19(15-25-26)24(29)30;1-3-7-11(8-4-1)13-12-9-5-2-6-10-12/h6-13,15-16,22-23,27-28H,2-5,14H2,1H3,(H,29,30);11-13H,1-10H2/t22-,23+;/m0./s1. The fourth-order valence-electron chi connectivity index (χ4n) is 6.90. The normalized spacial score (nSPS) is 17.5. The van der Waals surface area contributed by atoms with Crippen LogP contribution in [0.1, 0.15) is 130 Å². The van der Waals surface area contributed by atoms with Gasteiger partial charge in [0.05, 0.1) is 11.8 Å². The number of nitrogens with one attached hydrogen (secondary N) is 1. The molecule has 1 aromatic heterocycles. The lowest BCUT2D eigenvalue weighted by atomic mass is 9.77. The van der Waals surface area contributed by atoms with Gasteiger partial charge in [-0.1, -0.05) is 76.1 Å². The van der Waals surface area contributed by atoms with Crippen LogP contribution in [0.15, 0.2) is 60.9 Å². The van der Waals surface area contributed by atoms with Crippen LogP contribution in [0.2, 0.25) is 0 Å². The zero-order valence-corrected chi connectivity index (χ0v) is 25.8. The third-order valence-corrected chi connectivity index (χ3v) is 9.28. The van der Waals surface area contributed by atoms with Crippen molar-refractivity contribution < 1.29 is 20.1 Å². The summed E-state index contributed by atoms with van der Waals surface area (Å²) in [6.07, 6.45) is 21.3. The topological polar surface area (TPSA) is 108 Å². The maximum atomic E-state index is 11.0. The molecule has 3 aromatic rings. The highest BCUT2D eigenvalue weighted by atomic mass is 16.4. The molecule has 2 aliphatic rings. The Morgan fingerprint density at radius 2 is 1.33 bits per heavy atom. The molecule has 1 heterocycles. The van der Waals surface area contributed by atoms with E-state index in [-0.39, 0.29) is 23.0 Å². The maximum Gasteiger partial charge on any atom is 0.338 e. The molecule has 234 valence electrons. The monoisotopic (exact) mass is 589 g/mol. The van der Waals surface area contributed by atoms with Gasteiger partial charge in [0.25, 0.3) is 0 Å². The van der Waals surface area contributed by atoms with Crippen LogP contribution in [-0.2, 0) is 6.54 Å². The number of benzene rings is 2. The molecule has 0 unspecified atom stereocenters. The van der Waals surface area contributed by atoms with E-state index >= 15 is 0 Å². The minimum absolute atomic E-state index is 0.204. The highest BCUT2D eigenvalue weighted by Crippen LogP contribution is 2.40. The molecule has 43 heavy (non-hydrogen) atoms. The van der Waals surface area contributed by atoms with Crippen molar-refractivity contribution in [3.05, 3.63) is 77.6 Å². The molecule has 0 saturated heterocycles. The number of nitrogens with zero attached hydrogens (tertiary/aromatic N) is 2. The summed E-state index contributed by atoms with van der Waals surface area (Å²) < 4.78 is 1.68. The van der Waals surface area contributed by atoms with E-state index in [2.05, 4.69) is 17.3 Å². The number of unbranched alkanes of at least 4 members (excludes halogenated alkanes) is 1. The molecule has 0 spiro atoms. The number of phenolic OH excluding ortho intramolecular Hbond substituents is 2. The molecule has 2 aliphatic carbocycles. The third kappa shape index (κ3) is 10.4. The summed E-state index contributed by atoms with van der Waals surface area (Å²) in [4.78, 5) is 11.0. The predicted molar refractivity (Wildman–Crippen MR) is 172 cm³/mol. The van der Waals surface area contributed by atoms with E-state index in [1.807, 2.05) is 24.3 Å². The summed E-state index contributed by atoms with van der Waals surface area (Å²) in [5.41, 5.74) is 2.57. The van der Waals surface area contributed by atoms with E-state index in [0.717, 1.165) is 37.8 Å². The second-order valence-corrected chi connectivity index (χ2v) is 12.4. The molecule has 0 radical (unpaired) electrons. The van der Waals surface area contributed by atoms with E-state index in [4.69, 9.17) is 5.11 Å². The van der Waals surface area contributed by atoms with Crippen molar-refractivity contribution in [2.45, 2.75) is 127 Å². The fraction of sp³-hybridized carbons (Fsp3) is 0.556. The van der Waals surface area contributed by atoms with Crippen LogP contribution in [0.4, 0.5) is 0 Å². The smallest absolute Gasteiger partial charge is 0.338 e. The first-order valence-corrected chi connectivity index (χ1v) is 16.5. The zero-order chi connectivity index (χ0) is 30.4. The third-order valence-electron chi connectivity index (χ3n) is 9.28. The number of phenols is 2. The van der Waals surface area contributed by atoms with Gasteiger partial charge >= 0.3 is 5.97 Å². The van der Waals surface area contributed by atoms with Crippen molar-refractivity contribution in [2.24, 2.45) is 0 Å². The van der Waals surface area contributed by atoms with Gasteiger partial charge in [-0.25, -0.2) is 4.79 Å². The van der Waals surface area contributed by atoms with E-state index in [9.17, 15) is 15.0 Å². The quantitative estimate of drug-likeness (QED) is 0.158. The minimum Gasteiger partial charge on any atom is -0.508 e. The highest BCUT2D eigenvalue weighted by Gasteiger charge is 2.24. The van der Waals surface area contributed by atoms with Gasteiger partial charge in [0.15, 0.2) is 0 Å². The number of aryl methyl sites for hydroxylation is 1. The molecule has 7 heteroatoms. The van der Waals surface area contributed by atoms with E-state index < -0.39 is 5.97 Å². The summed E-state index contributed by atoms with van der Waals surface area (Å²) in [7, 11) is 0. The van der Waals surface area contributed by atoms with Crippen molar-refractivity contribution in [1.82, 2.24) is 15.1 Å². The van der Waals surface area contributed by atoms with Crippen molar-refractivity contribution in [2.75, 3.05) is 0 Å². The van der Waals surface area contributed by atoms with Crippen molar-refractivity contribution in [1.29, 1.82) is 0 Å². The highest BCUT2D eigenvalue weighted by molar-refractivity contribution is 5.86. The first kappa shape index (κ1) is 32.6. The van der Waals surface area contributed by atoms with E-state index in [0.29, 0.717) is 12.5 Å². The average molecular weight is 590 g/mol. The number of carboxylic acid groups (broad SMARTS) is 1. The van der Waals surface area contributed by atoms with Crippen LogP contribution in [0.5, 0.6) is 11.5 Å². The first-order valence-electron chi connectivity index (χ1n) is 16.5. The van der Waals surface area contributed by atoms with Gasteiger partial charge in [0.1, 0.15) is 11.5 Å². The van der Waals surface area contributed by atoms with Crippen LogP contribution < -0.4 is 5.32 Å². The van der Waals surface area contributed by atoms with Gasteiger partial charge in [-0.05, 0) is 92.2 Å². The Balaban J connectivity index is 0.000000269. The predicted octanol–water partition coefficient (Wildman–Crippen LogP) is 8.38. The molecule has 2 fully saturated rings. The van der Waals surface area contributed by atoms with Gasteiger partial charge in [-0.2, -0.15) is 5.10 Å². The zero-order valence-electron chi connectivity index (χ0n) is 25.8. The number of hydrogen-bond donors (Lipinski definition) is 4. The number of aromatic hydroxyl groups is 2. The van der Waals surface area contributed by atoms with Gasteiger partial charge in [0, 0.05) is 24.8 Å². The van der Waals surface area contributed by atoms with Gasteiger partial charge in [-0.3, -0.25) is 4.68 Å². The Hall–Kier alpha value is -3.32. The number of rotatable bonds is 12. The second kappa shape index (κ2) is 17.1. The van der Waals surface area contributed by atoms with Crippen molar-refractivity contribution in [3.8, 4) is 11.5 Å². The molecule has 2 atom stereocenters. The molecule has 2 aromatic carbocycles. The molecule has 0 aliphatic heterocycles. The van der Waals surface area contributed by atoms with Crippen molar-refractivity contribution >= 4 is 5.97 Å². The number of carbonyl (C=O) groups is 1. The van der Waals surface area contributed by atoms with Crippen LogP contribution >= 0.6 is 0 Å². The number of hydrogen-bond acceptors (Lipinski definition) is 5. The fourth-order valence-corrected chi connectivity index (χ4v) is 6.90. The Morgan fingerprint density at radius 3 is 1.79 bits per heavy atom. The van der Waals surface area contributed by atoms with Gasteiger partial charge < -0.3 is 20.6 Å². The molecule has 5 rings (SSSR count). The molecular weight excluding hydrogens is 538 g/mol. The Morgan fingerprint density at radius 1 is 0.814 bits per heavy atom. The summed E-state index contributed by atoms with van der Waals surface area (Å²) in [6.45, 7) is 2.84. The van der Waals surface area contributed by atoms with Gasteiger partial charge in [0.2, 0.25) is 0 Å². The number of aromatic nitrogens is 2. The Labute approximate surface area is 257 Å². The van der Waals surface area contributed by atoms with Gasteiger partial charge in [-0.15, -0.1) is 0 Å². The second-order valence-electron chi connectivity index (χ2n) is 12.4. The van der Waals surface area contributed by atoms with Crippen molar-refractivity contribution in [3.63, 3.8) is 0 Å². The molecular formula is C36H51N3O4. The average Bonchev–Trinajstić information content (AvgIpc) is 3.51. The first-order chi connectivity index (χ1) is 20.9.